The maximum absolute atomic E-state index is 10.7. The van der Waals surface area contributed by atoms with E-state index in [1.807, 2.05) is 6.34 Å². The van der Waals surface area contributed by atoms with Crippen molar-refractivity contribution in [2.75, 3.05) is 19.7 Å². The van der Waals surface area contributed by atoms with E-state index in [2.05, 4.69) is 33.2 Å². The summed E-state index contributed by atoms with van der Waals surface area (Å²) in [5.41, 5.74) is 0. The lowest BCUT2D eigenvalue weighted by Crippen LogP contribution is -2.32. The minimum Gasteiger partial charge on any atom is -0.355 e. The molecule has 0 aromatic carbocycles. The maximum Gasteiger partial charge on any atom is 0.397 e. The predicted molar refractivity (Wildman–Crippen MR) is 126 cm³/mol. The standard InChI is InChI=1S/C22H42N2O4S.H3N/c1-2-3-4-5-6-7-8-9-10-11-12-13-14-15-16-22(24-19-18-23-21-24)17-20-28-29(25,26)27;/h15-16,21-22H,2-14,17-20H2,1H3,(H,25,26,27);1H3. The Kier molecular flexibility index (Phi) is 18.2. The Morgan fingerprint density at radius 2 is 1.60 bits per heavy atom. The molecule has 0 aliphatic carbocycles. The average molecular weight is 448 g/mol. The summed E-state index contributed by atoms with van der Waals surface area (Å²) in [6, 6.07) is 0.0559. The van der Waals surface area contributed by atoms with Gasteiger partial charge < -0.3 is 11.1 Å². The summed E-state index contributed by atoms with van der Waals surface area (Å²) in [7, 11) is -4.37. The summed E-state index contributed by atoms with van der Waals surface area (Å²) in [5, 5.41) is 0. The minimum absolute atomic E-state index is 0. The van der Waals surface area contributed by atoms with Crippen LogP contribution in [0, 0.1) is 0 Å². The largest absolute Gasteiger partial charge is 0.397 e. The van der Waals surface area contributed by atoms with Gasteiger partial charge in [0.05, 0.1) is 25.5 Å². The van der Waals surface area contributed by atoms with E-state index in [4.69, 9.17) is 4.55 Å². The first-order valence-corrected chi connectivity index (χ1v) is 12.9. The van der Waals surface area contributed by atoms with Crippen molar-refractivity contribution in [1.82, 2.24) is 11.1 Å². The highest BCUT2D eigenvalue weighted by atomic mass is 32.3. The molecule has 7 nitrogen and oxygen atoms in total. The topological polar surface area (TPSA) is 114 Å². The fourth-order valence-electron chi connectivity index (χ4n) is 3.65. The zero-order valence-corrected chi connectivity index (χ0v) is 19.8. The number of rotatable bonds is 19. The van der Waals surface area contributed by atoms with Crippen molar-refractivity contribution >= 4 is 16.7 Å². The third kappa shape index (κ3) is 16.8. The third-order valence-corrected chi connectivity index (χ3v) is 5.84. The third-order valence-electron chi connectivity index (χ3n) is 5.37. The van der Waals surface area contributed by atoms with Gasteiger partial charge >= 0.3 is 10.4 Å². The molecule has 4 N–H and O–H groups in total. The molecule has 0 spiro atoms. The summed E-state index contributed by atoms with van der Waals surface area (Å²) >= 11 is 0. The van der Waals surface area contributed by atoms with Gasteiger partial charge in [-0.3, -0.25) is 9.55 Å². The number of aliphatic imine (C=N–C) groups is 1. The van der Waals surface area contributed by atoms with Crippen LogP contribution in [0.25, 0.3) is 0 Å². The zero-order chi connectivity index (χ0) is 21.2. The van der Waals surface area contributed by atoms with Gasteiger partial charge in [0.15, 0.2) is 0 Å². The molecule has 1 unspecified atom stereocenters. The van der Waals surface area contributed by atoms with Gasteiger partial charge in [-0.15, -0.1) is 0 Å². The van der Waals surface area contributed by atoms with Crippen molar-refractivity contribution in [3.63, 3.8) is 0 Å². The Hall–Kier alpha value is -0.960. The second-order valence-corrected chi connectivity index (χ2v) is 9.06. The lowest BCUT2D eigenvalue weighted by Gasteiger charge is -2.23. The Balaban J connectivity index is 0.00000841. The van der Waals surface area contributed by atoms with E-state index >= 15 is 0 Å². The van der Waals surface area contributed by atoms with Crippen LogP contribution in [-0.2, 0) is 14.6 Å². The number of nitrogens with zero attached hydrogens (tertiary/aromatic N) is 2. The van der Waals surface area contributed by atoms with E-state index in [1.54, 1.807) is 0 Å². The molecule has 1 atom stereocenters. The predicted octanol–water partition coefficient (Wildman–Crippen LogP) is 5.72. The fraction of sp³-hybridized carbons (Fsp3) is 0.864. The highest BCUT2D eigenvalue weighted by molar-refractivity contribution is 7.80. The minimum atomic E-state index is -4.37. The van der Waals surface area contributed by atoms with E-state index in [-0.39, 0.29) is 18.8 Å². The van der Waals surface area contributed by atoms with Crippen LogP contribution in [0.3, 0.4) is 0 Å². The SMILES string of the molecule is CCCCCCCCCCCCCCC=CC(CCOS(=O)(=O)O)N1C=NCC1.N. The van der Waals surface area contributed by atoms with Gasteiger partial charge in [0.1, 0.15) is 0 Å². The lowest BCUT2D eigenvalue weighted by molar-refractivity contribution is 0.240. The second kappa shape index (κ2) is 18.8. The van der Waals surface area contributed by atoms with Crippen LogP contribution >= 0.6 is 0 Å². The van der Waals surface area contributed by atoms with Gasteiger partial charge in [-0.1, -0.05) is 89.7 Å². The first kappa shape index (κ1) is 29.0. The van der Waals surface area contributed by atoms with Gasteiger partial charge in [-0.05, 0) is 19.3 Å². The first-order chi connectivity index (χ1) is 14.0. The normalized spacial score (nSPS) is 15.1. The van der Waals surface area contributed by atoms with Crippen LogP contribution in [-0.4, -0.2) is 49.9 Å². The molecule has 0 radical (unpaired) electrons. The molecule has 1 rings (SSSR count). The van der Waals surface area contributed by atoms with E-state index in [0.717, 1.165) is 19.5 Å². The summed E-state index contributed by atoms with van der Waals surface area (Å²) in [4.78, 5) is 6.31. The van der Waals surface area contributed by atoms with Crippen molar-refractivity contribution < 1.29 is 17.2 Å². The fourth-order valence-corrected chi connectivity index (χ4v) is 3.96. The Bertz CT molecular complexity index is 553. The van der Waals surface area contributed by atoms with Crippen molar-refractivity contribution in [3.05, 3.63) is 12.2 Å². The number of hydrogen-bond acceptors (Lipinski definition) is 6. The number of allylic oxidation sites excluding steroid dienone is 1. The zero-order valence-electron chi connectivity index (χ0n) is 19.0. The Morgan fingerprint density at radius 3 is 2.10 bits per heavy atom. The number of hydrogen-bond donors (Lipinski definition) is 2. The lowest BCUT2D eigenvalue weighted by atomic mass is 10.0. The van der Waals surface area contributed by atoms with E-state index in [0.29, 0.717) is 6.42 Å². The van der Waals surface area contributed by atoms with Crippen molar-refractivity contribution in [3.8, 4) is 0 Å². The molecule has 0 saturated carbocycles. The summed E-state index contributed by atoms with van der Waals surface area (Å²) < 4.78 is 34.6. The molecular weight excluding hydrogens is 402 g/mol. The van der Waals surface area contributed by atoms with Gasteiger partial charge in [-0.2, -0.15) is 8.42 Å². The second-order valence-electron chi connectivity index (χ2n) is 7.97. The first-order valence-electron chi connectivity index (χ1n) is 11.6. The molecule has 0 aromatic rings. The van der Waals surface area contributed by atoms with Crippen molar-refractivity contribution in [1.29, 1.82) is 0 Å². The molecule has 0 bridgehead atoms. The molecule has 0 amide bonds. The Labute approximate surface area is 184 Å². The van der Waals surface area contributed by atoms with Crippen LogP contribution < -0.4 is 6.15 Å². The molecule has 0 fully saturated rings. The monoisotopic (exact) mass is 447 g/mol. The number of unbranched alkanes of at least 4 members (excludes halogenated alkanes) is 12. The maximum atomic E-state index is 10.7. The van der Waals surface area contributed by atoms with Gasteiger partial charge in [0, 0.05) is 6.54 Å². The summed E-state index contributed by atoms with van der Waals surface area (Å²) in [6.45, 7) is 3.83. The van der Waals surface area contributed by atoms with Crippen LogP contribution in [0.4, 0.5) is 0 Å². The molecule has 1 aliphatic heterocycles. The molecular formula is C22H45N3O4S. The molecule has 8 heteroatoms. The summed E-state index contributed by atoms with van der Waals surface area (Å²) in [6.07, 6.45) is 23.8. The molecule has 30 heavy (non-hydrogen) atoms. The van der Waals surface area contributed by atoms with E-state index in [1.165, 1.54) is 77.0 Å². The molecule has 0 saturated heterocycles. The van der Waals surface area contributed by atoms with Crippen LogP contribution in [0.1, 0.15) is 96.8 Å². The van der Waals surface area contributed by atoms with Crippen molar-refractivity contribution in [2.24, 2.45) is 4.99 Å². The molecule has 0 aromatic heterocycles. The van der Waals surface area contributed by atoms with Crippen LogP contribution in [0.15, 0.2) is 17.1 Å². The average Bonchev–Trinajstić information content (AvgIpc) is 3.20. The van der Waals surface area contributed by atoms with Gasteiger partial charge in [0.25, 0.3) is 0 Å². The highest BCUT2D eigenvalue weighted by Gasteiger charge is 2.16. The summed E-state index contributed by atoms with van der Waals surface area (Å²) in [5.74, 6) is 0. The Morgan fingerprint density at radius 1 is 1.03 bits per heavy atom. The quantitative estimate of drug-likeness (QED) is 0.149. The molecule has 178 valence electrons. The van der Waals surface area contributed by atoms with Crippen LogP contribution in [0.5, 0.6) is 0 Å². The van der Waals surface area contributed by atoms with E-state index < -0.39 is 10.4 Å². The smallest absolute Gasteiger partial charge is 0.355 e. The van der Waals surface area contributed by atoms with Crippen LogP contribution in [0.2, 0.25) is 0 Å². The van der Waals surface area contributed by atoms with Gasteiger partial charge in [-0.25, -0.2) is 4.18 Å². The highest BCUT2D eigenvalue weighted by Crippen LogP contribution is 2.14. The van der Waals surface area contributed by atoms with E-state index in [9.17, 15) is 8.42 Å². The van der Waals surface area contributed by atoms with Crippen molar-refractivity contribution in [2.45, 2.75) is 103 Å². The molecule has 1 heterocycles. The molecule has 1 aliphatic rings. The van der Waals surface area contributed by atoms with Gasteiger partial charge in [0.2, 0.25) is 0 Å².